The number of aliphatic carboxylic acids is 1. The van der Waals surface area contributed by atoms with E-state index in [2.05, 4.69) is 31.9 Å². The first-order chi connectivity index (χ1) is 27.6. The van der Waals surface area contributed by atoms with Crippen LogP contribution in [0.25, 0.3) is 0 Å². The molecule has 8 N–H and O–H groups in total. The number of nitrogens with zero attached hydrogens (tertiary/aromatic N) is 1. The van der Waals surface area contributed by atoms with E-state index in [0.717, 1.165) is 11.1 Å². The number of aryl methyl sites for hydroxylation is 1. The van der Waals surface area contributed by atoms with Gasteiger partial charge in [0.05, 0.1) is 0 Å². The molecule has 0 aromatic heterocycles. The largest absolute Gasteiger partial charge is 0.508 e. The van der Waals surface area contributed by atoms with Crippen molar-refractivity contribution in [1.82, 2.24) is 36.8 Å². The Morgan fingerprint density at radius 1 is 0.828 bits per heavy atom. The Bertz CT molecular complexity index is 1710. The third-order valence-electron chi connectivity index (χ3n) is 10.9. The highest BCUT2D eigenvalue weighted by Gasteiger charge is 2.36. The van der Waals surface area contributed by atoms with Crippen molar-refractivity contribution in [2.75, 3.05) is 13.6 Å². The van der Waals surface area contributed by atoms with Gasteiger partial charge in [0.2, 0.25) is 29.5 Å². The summed E-state index contributed by atoms with van der Waals surface area (Å²) in [6.45, 7) is 8.78. The van der Waals surface area contributed by atoms with Gasteiger partial charge in [0, 0.05) is 20.0 Å². The van der Waals surface area contributed by atoms with Crippen LogP contribution < -0.4 is 31.9 Å². The molecule has 2 aromatic carbocycles. The number of aromatic hydroxyl groups is 1. The first-order valence-corrected chi connectivity index (χ1v) is 20.1. The molecule has 1 saturated heterocycles. The van der Waals surface area contributed by atoms with Crippen molar-refractivity contribution in [1.29, 1.82) is 0 Å². The van der Waals surface area contributed by atoms with Crippen LogP contribution in [0.3, 0.4) is 0 Å². The Labute approximate surface area is 340 Å². The molecule has 0 unspecified atom stereocenters. The summed E-state index contributed by atoms with van der Waals surface area (Å²) < 4.78 is 0. The Morgan fingerprint density at radius 2 is 1.48 bits per heavy atom. The minimum absolute atomic E-state index is 0.0634. The van der Waals surface area contributed by atoms with Crippen LogP contribution >= 0.6 is 0 Å². The summed E-state index contributed by atoms with van der Waals surface area (Å²) in [5, 5.41) is 35.9. The molecule has 1 aliphatic heterocycles. The second-order valence-electron chi connectivity index (χ2n) is 15.2. The topological polar surface area (TPSA) is 235 Å². The molecule has 0 bridgehead atoms. The second kappa shape index (κ2) is 22.9. The van der Waals surface area contributed by atoms with E-state index in [1.54, 1.807) is 32.9 Å². The number of benzene rings is 2. The predicted octanol–water partition coefficient (Wildman–Crippen LogP) is 2.38. The van der Waals surface area contributed by atoms with E-state index in [9.17, 15) is 43.8 Å². The average Bonchev–Trinajstić information content (AvgIpc) is 3.21. The summed E-state index contributed by atoms with van der Waals surface area (Å²) in [5.74, 6) is -4.97. The van der Waals surface area contributed by atoms with Crippen LogP contribution in [0.1, 0.15) is 84.3 Å². The number of carboxylic acid groups (broad SMARTS) is 1. The lowest BCUT2D eigenvalue weighted by Crippen LogP contribution is -2.60. The Balaban J connectivity index is 2.00. The van der Waals surface area contributed by atoms with Gasteiger partial charge >= 0.3 is 12.0 Å². The van der Waals surface area contributed by atoms with E-state index >= 15 is 0 Å². The molecule has 8 atom stereocenters. The monoisotopic (exact) mass is 807 g/mol. The number of rotatable bonds is 12. The van der Waals surface area contributed by atoms with Crippen molar-refractivity contribution in [3.8, 4) is 5.75 Å². The maximum atomic E-state index is 14.2. The predicted molar refractivity (Wildman–Crippen MR) is 217 cm³/mol. The number of nitrogens with one attached hydrogen (secondary N) is 6. The van der Waals surface area contributed by atoms with Gasteiger partial charge < -0.3 is 47.0 Å². The SMILES string of the molecule is CC[C@H](C)[C@H](NC(=O)N[C@@H]1CCCCNC(=O)[C@H](Cc2ccccc2)NC(=O)[C@H](C)N(C)C(=O)[C@H](CCc2ccc(O)cc2)NC(=O)[C@@H]([C@@H](C)CC)NC1=O)C(=O)O. The zero-order valence-electron chi connectivity index (χ0n) is 34.4. The number of likely N-dealkylation sites (N-methyl/N-ethyl adjacent to an activating group) is 1. The Kier molecular flexibility index (Phi) is 18.5. The van der Waals surface area contributed by atoms with E-state index in [1.165, 1.54) is 31.0 Å². The molecule has 16 nitrogen and oxygen atoms in total. The molecule has 0 aliphatic carbocycles. The third-order valence-corrected chi connectivity index (χ3v) is 10.9. The minimum atomic E-state index is -1.23. The number of amides is 7. The zero-order chi connectivity index (χ0) is 42.9. The van der Waals surface area contributed by atoms with Gasteiger partial charge in [-0.05, 0) is 74.1 Å². The van der Waals surface area contributed by atoms with Crippen LogP contribution in [0.4, 0.5) is 4.79 Å². The number of carbonyl (C=O) groups is 7. The third kappa shape index (κ3) is 14.1. The Morgan fingerprint density at radius 3 is 2.10 bits per heavy atom. The lowest BCUT2D eigenvalue weighted by Gasteiger charge is -2.32. The highest BCUT2D eigenvalue weighted by molar-refractivity contribution is 5.96. The van der Waals surface area contributed by atoms with E-state index < -0.39 is 89.6 Å². The first-order valence-electron chi connectivity index (χ1n) is 20.1. The van der Waals surface area contributed by atoms with E-state index in [1.807, 2.05) is 37.3 Å². The van der Waals surface area contributed by atoms with E-state index in [-0.39, 0.29) is 31.6 Å². The summed E-state index contributed by atoms with van der Waals surface area (Å²) in [6, 6.07) is 7.87. The summed E-state index contributed by atoms with van der Waals surface area (Å²) in [4.78, 5) is 96.0. The van der Waals surface area contributed by atoms with Gasteiger partial charge in [-0.15, -0.1) is 0 Å². The molecule has 16 heteroatoms. The first kappa shape index (κ1) is 46.7. The summed E-state index contributed by atoms with van der Waals surface area (Å²) in [7, 11) is 1.44. The van der Waals surface area contributed by atoms with Gasteiger partial charge in [-0.3, -0.25) is 24.0 Å². The molecule has 1 aliphatic rings. The molecule has 2 aromatic rings. The maximum Gasteiger partial charge on any atom is 0.326 e. The van der Waals surface area contributed by atoms with Crippen LogP contribution in [0.2, 0.25) is 0 Å². The van der Waals surface area contributed by atoms with Crippen molar-refractivity contribution in [3.05, 3.63) is 65.7 Å². The fraction of sp³-hybridized carbons (Fsp3) is 0.548. The number of phenolic OH excluding ortho intramolecular Hbond substituents is 1. The number of carboxylic acids is 1. The quantitative estimate of drug-likeness (QED) is 0.157. The molecular weight excluding hydrogens is 747 g/mol. The number of urea groups is 1. The van der Waals surface area contributed by atoms with Crippen molar-refractivity contribution < 1.29 is 43.8 Å². The lowest BCUT2D eigenvalue weighted by atomic mass is 9.96. The fourth-order valence-electron chi connectivity index (χ4n) is 6.51. The number of carbonyl (C=O) groups excluding carboxylic acids is 6. The molecule has 318 valence electrons. The van der Waals surface area contributed by atoms with Gasteiger partial charge in [0.25, 0.3) is 0 Å². The van der Waals surface area contributed by atoms with Crippen LogP contribution in [-0.4, -0.2) is 106 Å². The smallest absolute Gasteiger partial charge is 0.326 e. The highest BCUT2D eigenvalue weighted by Crippen LogP contribution is 2.16. The van der Waals surface area contributed by atoms with E-state index in [0.29, 0.717) is 32.1 Å². The van der Waals surface area contributed by atoms with Gasteiger partial charge in [0.1, 0.15) is 42.0 Å². The minimum Gasteiger partial charge on any atom is -0.508 e. The number of hydrogen-bond acceptors (Lipinski definition) is 8. The molecule has 1 fully saturated rings. The number of phenols is 1. The molecule has 0 spiro atoms. The van der Waals surface area contributed by atoms with Crippen LogP contribution in [0.5, 0.6) is 5.75 Å². The van der Waals surface area contributed by atoms with E-state index in [4.69, 9.17) is 0 Å². The molecule has 58 heavy (non-hydrogen) atoms. The van der Waals surface area contributed by atoms with Gasteiger partial charge in [-0.2, -0.15) is 0 Å². The fourth-order valence-corrected chi connectivity index (χ4v) is 6.51. The van der Waals surface area contributed by atoms with Gasteiger partial charge in [0.15, 0.2) is 0 Å². The van der Waals surface area contributed by atoms with Gasteiger partial charge in [-0.25, -0.2) is 9.59 Å². The van der Waals surface area contributed by atoms with Crippen molar-refractivity contribution >= 4 is 41.5 Å². The second-order valence-corrected chi connectivity index (χ2v) is 15.2. The zero-order valence-corrected chi connectivity index (χ0v) is 34.4. The number of hydrogen-bond donors (Lipinski definition) is 8. The van der Waals surface area contributed by atoms with Gasteiger partial charge in [-0.1, -0.05) is 83.0 Å². The van der Waals surface area contributed by atoms with Crippen LogP contribution in [0, 0.1) is 11.8 Å². The molecule has 0 saturated carbocycles. The summed E-state index contributed by atoms with van der Waals surface area (Å²) in [5.41, 5.74) is 1.57. The average molecular weight is 808 g/mol. The summed E-state index contributed by atoms with van der Waals surface area (Å²) in [6.07, 6.45) is 2.28. The van der Waals surface area contributed by atoms with Crippen molar-refractivity contribution in [2.45, 2.75) is 122 Å². The standard InChI is InChI=1S/C42H61N7O9/c1-7-25(3)34-39(54)44-32(22-19-28-17-20-30(50)21-18-28)40(55)49(6)27(5)36(51)45-33(24-29-14-10-9-11-15-29)37(52)43-23-13-12-16-31(38(53)47-34)46-42(58)48-35(41(56)57)26(4)8-2/h9-11,14-15,17-18,20-21,25-27,31-35,50H,7-8,12-13,16,19,22-24H2,1-6H3,(H,43,52)(H,44,54)(H,45,51)(H,47,53)(H,56,57)(H2,46,48,58)/t25-,26-,27-,31+,32-,33-,34+,35-/m0/s1. The lowest BCUT2D eigenvalue weighted by molar-refractivity contribution is -0.142. The highest BCUT2D eigenvalue weighted by atomic mass is 16.4. The normalized spacial score (nSPS) is 23.3. The molecule has 7 amide bonds. The van der Waals surface area contributed by atoms with Crippen molar-refractivity contribution in [3.63, 3.8) is 0 Å². The van der Waals surface area contributed by atoms with Crippen molar-refractivity contribution in [2.24, 2.45) is 11.8 Å². The van der Waals surface area contributed by atoms with Crippen LogP contribution in [-0.2, 0) is 41.6 Å². The molecule has 1 heterocycles. The molecule has 3 rings (SSSR count). The summed E-state index contributed by atoms with van der Waals surface area (Å²) >= 11 is 0. The maximum absolute atomic E-state index is 14.2. The van der Waals surface area contributed by atoms with Crippen LogP contribution in [0.15, 0.2) is 54.6 Å². The Hall–Kier alpha value is -5.67. The molecule has 0 radical (unpaired) electrons. The molecular formula is C42H61N7O9.